The van der Waals surface area contributed by atoms with E-state index in [-0.39, 0.29) is 23.1 Å². The molecule has 0 aliphatic carbocycles. The van der Waals surface area contributed by atoms with Gasteiger partial charge in [-0.1, -0.05) is 0 Å². The van der Waals surface area contributed by atoms with Crippen molar-refractivity contribution in [2.75, 3.05) is 0 Å². The van der Waals surface area contributed by atoms with Gasteiger partial charge in [0.1, 0.15) is 0 Å². The Hall–Kier alpha value is -2.57. The molecule has 0 aliphatic rings. The third-order valence-corrected chi connectivity index (χ3v) is 3.48. The lowest BCUT2D eigenvalue weighted by Crippen LogP contribution is -2.26. The number of furan rings is 1. The van der Waals surface area contributed by atoms with Crippen LogP contribution in [0.3, 0.4) is 0 Å². The Morgan fingerprint density at radius 2 is 1.91 bits per heavy atom. The normalized spacial score (nSPS) is 12.9. The maximum Gasteiger partial charge on any atom is 0.371 e. The van der Waals surface area contributed by atoms with E-state index in [9.17, 15) is 9.59 Å². The Morgan fingerprint density at radius 1 is 1.30 bits per heavy atom. The van der Waals surface area contributed by atoms with Crippen molar-refractivity contribution in [3.05, 3.63) is 41.1 Å². The van der Waals surface area contributed by atoms with E-state index in [1.807, 2.05) is 45.5 Å². The molecule has 7 nitrogen and oxygen atoms in total. The number of nitrogens with zero attached hydrogens (tertiary/aromatic N) is 2. The van der Waals surface area contributed by atoms with Gasteiger partial charge < -0.3 is 14.8 Å². The van der Waals surface area contributed by atoms with Crippen molar-refractivity contribution >= 4 is 11.9 Å². The third kappa shape index (κ3) is 3.61. The fourth-order valence-electron chi connectivity index (χ4n) is 2.16. The zero-order valence-corrected chi connectivity index (χ0v) is 13.9. The average molecular weight is 319 g/mol. The van der Waals surface area contributed by atoms with Crippen LogP contribution in [0.25, 0.3) is 0 Å². The van der Waals surface area contributed by atoms with Crippen LogP contribution in [0.2, 0.25) is 0 Å². The highest BCUT2D eigenvalue weighted by Crippen LogP contribution is 2.21. The predicted molar refractivity (Wildman–Crippen MR) is 83.5 cm³/mol. The van der Waals surface area contributed by atoms with Gasteiger partial charge in [0, 0.05) is 11.8 Å². The van der Waals surface area contributed by atoms with Crippen LogP contribution < -0.4 is 5.32 Å². The van der Waals surface area contributed by atoms with Crippen molar-refractivity contribution in [2.24, 2.45) is 0 Å². The molecule has 2 aromatic rings. The molecule has 0 bridgehead atoms. The first-order valence-corrected chi connectivity index (χ1v) is 7.30. The number of aromatic carboxylic acids is 1. The average Bonchev–Trinajstić information content (AvgIpc) is 3.04. The number of aryl methyl sites for hydroxylation is 1. The number of carboxylic acids is 1. The second-order valence-electron chi connectivity index (χ2n) is 6.45. The predicted octanol–water partition coefficient (Wildman–Crippen LogP) is 2.73. The molecule has 0 radical (unpaired) electrons. The van der Waals surface area contributed by atoms with Crippen molar-refractivity contribution in [1.82, 2.24) is 15.1 Å². The zero-order valence-electron chi connectivity index (χ0n) is 13.9. The summed E-state index contributed by atoms with van der Waals surface area (Å²) in [6.45, 7) is 9.86. The molecule has 2 N–H and O–H groups in total. The molecule has 2 heterocycles. The third-order valence-electron chi connectivity index (χ3n) is 3.48. The summed E-state index contributed by atoms with van der Waals surface area (Å²) in [6.07, 6.45) is 1.91. The molecule has 0 saturated heterocycles. The van der Waals surface area contributed by atoms with E-state index < -0.39 is 11.9 Å². The molecule has 1 unspecified atom stereocenters. The first-order valence-electron chi connectivity index (χ1n) is 7.30. The number of rotatable bonds is 4. The molecule has 7 heteroatoms. The minimum atomic E-state index is -1.21. The number of nitrogens with one attached hydrogen (secondary N) is 1. The van der Waals surface area contributed by atoms with Gasteiger partial charge in [-0.15, -0.1) is 0 Å². The largest absolute Gasteiger partial charge is 0.475 e. The van der Waals surface area contributed by atoms with Gasteiger partial charge in [-0.3, -0.25) is 9.48 Å². The first kappa shape index (κ1) is 16.8. The summed E-state index contributed by atoms with van der Waals surface area (Å²) < 4.78 is 6.86. The number of aromatic nitrogens is 2. The van der Waals surface area contributed by atoms with Crippen LogP contribution >= 0.6 is 0 Å². The van der Waals surface area contributed by atoms with Crippen molar-refractivity contribution < 1.29 is 19.1 Å². The molecule has 2 rings (SSSR count). The Labute approximate surface area is 134 Å². The lowest BCUT2D eigenvalue weighted by Gasteiger charge is -2.19. The topological polar surface area (TPSA) is 97.4 Å². The zero-order chi connectivity index (χ0) is 17.4. The molecular formula is C16H21N3O4. The minimum Gasteiger partial charge on any atom is -0.475 e. The molecule has 23 heavy (non-hydrogen) atoms. The van der Waals surface area contributed by atoms with Crippen LogP contribution in [-0.2, 0) is 5.54 Å². The molecule has 0 fully saturated rings. The molecule has 0 aliphatic heterocycles. The summed E-state index contributed by atoms with van der Waals surface area (Å²) >= 11 is 0. The molecule has 124 valence electrons. The number of hydrogen-bond donors (Lipinski definition) is 2. The van der Waals surface area contributed by atoms with Crippen LogP contribution in [0.15, 0.2) is 22.7 Å². The number of hydrogen-bond acceptors (Lipinski definition) is 4. The summed E-state index contributed by atoms with van der Waals surface area (Å²) in [5, 5.41) is 16.1. The molecule has 0 saturated carbocycles. The van der Waals surface area contributed by atoms with E-state index in [0.29, 0.717) is 0 Å². The highest BCUT2D eigenvalue weighted by atomic mass is 16.4. The van der Waals surface area contributed by atoms with Gasteiger partial charge in [0.25, 0.3) is 5.91 Å². The van der Waals surface area contributed by atoms with Gasteiger partial charge in [-0.2, -0.15) is 5.10 Å². The molecule has 0 aromatic carbocycles. The van der Waals surface area contributed by atoms with Crippen LogP contribution in [0, 0.1) is 6.92 Å². The summed E-state index contributed by atoms with van der Waals surface area (Å²) in [5.41, 5.74) is 1.58. The lowest BCUT2D eigenvalue weighted by atomic mass is 10.1. The van der Waals surface area contributed by atoms with E-state index >= 15 is 0 Å². The lowest BCUT2D eigenvalue weighted by molar-refractivity contribution is 0.0659. The smallest absolute Gasteiger partial charge is 0.371 e. The van der Waals surface area contributed by atoms with E-state index in [4.69, 9.17) is 9.52 Å². The van der Waals surface area contributed by atoms with Crippen LogP contribution in [0.4, 0.5) is 0 Å². The van der Waals surface area contributed by atoms with Crippen molar-refractivity contribution in [3.63, 3.8) is 0 Å². The van der Waals surface area contributed by atoms with Crippen molar-refractivity contribution in [1.29, 1.82) is 0 Å². The van der Waals surface area contributed by atoms with Gasteiger partial charge in [-0.25, -0.2) is 4.79 Å². The summed E-state index contributed by atoms with van der Waals surface area (Å²) in [4.78, 5) is 22.9. The van der Waals surface area contributed by atoms with Crippen molar-refractivity contribution in [3.8, 4) is 0 Å². The number of carboxylic acid groups (broad SMARTS) is 1. The quantitative estimate of drug-likeness (QED) is 0.903. The highest BCUT2D eigenvalue weighted by molar-refractivity contribution is 5.93. The molecule has 1 amide bonds. The Morgan fingerprint density at radius 3 is 2.39 bits per heavy atom. The maximum atomic E-state index is 12.2. The van der Waals surface area contributed by atoms with Gasteiger partial charge in [-0.05, 0) is 46.8 Å². The number of carbonyl (C=O) groups is 2. The van der Waals surface area contributed by atoms with E-state index in [1.54, 1.807) is 0 Å². The molecule has 1 atom stereocenters. The molecular weight excluding hydrogens is 298 g/mol. The summed E-state index contributed by atoms with van der Waals surface area (Å²) in [7, 11) is 0. The Bertz CT molecular complexity index is 737. The number of carbonyl (C=O) groups excluding carboxylic acids is 1. The van der Waals surface area contributed by atoms with Crippen LogP contribution in [0.1, 0.15) is 66.1 Å². The van der Waals surface area contributed by atoms with Crippen molar-refractivity contribution in [2.45, 2.75) is 46.2 Å². The monoisotopic (exact) mass is 319 g/mol. The van der Waals surface area contributed by atoms with E-state index in [2.05, 4.69) is 10.4 Å². The fourth-order valence-corrected chi connectivity index (χ4v) is 2.16. The number of amides is 1. The Balaban J connectivity index is 2.15. The highest BCUT2D eigenvalue weighted by Gasteiger charge is 2.22. The van der Waals surface area contributed by atoms with Gasteiger partial charge in [0.15, 0.2) is 5.76 Å². The summed E-state index contributed by atoms with van der Waals surface area (Å²) in [5.74, 6) is -1.97. The SMILES string of the molecule is Cc1nn(C(C)(C)C)cc1C(C)NC(=O)c1ccc(C(=O)O)o1. The standard InChI is InChI=1S/C16H21N3O4/c1-9(11-8-19(16(3,4)5)18-10(11)2)17-14(20)12-6-7-13(23-12)15(21)22/h6-9H,1-5H3,(H,17,20)(H,21,22). The molecule has 0 spiro atoms. The van der Waals surface area contributed by atoms with Crippen LogP contribution in [0.5, 0.6) is 0 Å². The Kier molecular flexibility index (Phi) is 4.31. The van der Waals surface area contributed by atoms with Gasteiger partial charge >= 0.3 is 5.97 Å². The van der Waals surface area contributed by atoms with Crippen LogP contribution in [-0.4, -0.2) is 26.8 Å². The second-order valence-corrected chi connectivity index (χ2v) is 6.45. The summed E-state index contributed by atoms with van der Waals surface area (Å²) in [6, 6.07) is 2.32. The fraction of sp³-hybridized carbons (Fsp3) is 0.438. The minimum absolute atomic E-state index is 0.0323. The molecule has 2 aromatic heterocycles. The maximum absolute atomic E-state index is 12.2. The van der Waals surface area contributed by atoms with E-state index in [0.717, 1.165) is 11.3 Å². The second kappa shape index (κ2) is 5.91. The van der Waals surface area contributed by atoms with E-state index in [1.165, 1.54) is 12.1 Å². The first-order chi connectivity index (χ1) is 10.6. The van der Waals surface area contributed by atoms with Gasteiger partial charge in [0.2, 0.25) is 5.76 Å². The van der Waals surface area contributed by atoms with Gasteiger partial charge in [0.05, 0.1) is 17.3 Å².